The second-order valence-electron chi connectivity index (χ2n) is 5.76. The van der Waals surface area contributed by atoms with Gasteiger partial charge in [-0.25, -0.2) is 4.57 Å². The molecule has 0 amide bonds. The van der Waals surface area contributed by atoms with E-state index in [4.69, 9.17) is 15.2 Å². The van der Waals surface area contributed by atoms with E-state index in [9.17, 15) is 24.3 Å². The summed E-state index contributed by atoms with van der Waals surface area (Å²) in [5, 5.41) is 10.5. The Kier molecular flexibility index (Phi) is 4.88. The van der Waals surface area contributed by atoms with E-state index in [-0.39, 0.29) is 17.1 Å². The number of fused-ring (bicyclic) bond motifs is 1. The molecular formula is C12H17N5O8P-. The normalized spacial score (nSPS) is 26.7. The smallest absolute Gasteiger partial charge is 0.313 e. The van der Waals surface area contributed by atoms with E-state index in [1.165, 1.54) is 22.6 Å². The maximum absolute atomic E-state index is 12.1. The van der Waals surface area contributed by atoms with Crippen LogP contribution in [0.5, 0.6) is 0 Å². The lowest BCUT2D eigenvalue weighted by Crippen LogP contribution is -2.46. The summed E-state index contributed by atoms with van der Waals surface area (Å²) >= 11 is 0. The van der Waals surface area contributed by atoms with Crippen molar-refractivity contribution in [2.75, 3.05) is 19.5 Å². The van der Waals surface area contributed by atoms with Crippen LogP contribution in [0, 0.1) is 0 Å². The number of hydrogen-bond acceptors (Lipinski definition) is 10. The molecule has 144 valence electrons. The highest BCUT2D eigenvalue weighted by molar-refractivity contribution is 7.43. The quantitative estimate of drug-likeness (QED) is 0.337. The third-order valence-corrected chi connectivity index (χ3v) is 4.51. The van der Waals surface area contributed by atoms with Crippen molar-refractivity contribution >= 4 is 24.9 Å². The largest absolute Gasteiger partial charge is 0.790 e. The van der Waals surface area contributed by atoms with E-state index < -0.39 is 44.5 Å². The van der Waals surface area contributed by atoms with Gasteiger partial charge in [-0.05, 0) is 0 Å². The summed E-state index contributed by atoms with van der Waals surface area (Å²) in [6.45, 7) is -0.627. The van der Waals surface area contributed by atoms with E-state index in [0.29, 0.717) is 0 Å². The first-order chi connectivity index (χ1) is 12.1. The minimum Gasteiger partial charge on any atom is -0.790 e. The zero-order chi connectivity index (χ0) is 19.2. The molecule has 0 saturated carbocycles. The van der Waals surface area contributed by atoms with Crippen LogP contribution < -0.4 is 25.6 Å². The van der Waals surface area contributed by atoms with Crippen molar-refractivity contribution in [3.8, 4) is 0 Å². The van der Waals surface area contributed by atoms with Gasteiger partial charge in [0.25, 0.3) is 11.5 Å². The number of aromatic nitrogens is 4. The summed E-state index contributed by atoms with van der Waals surface area (Å²) in [6.07, 6.45) is -2.90. The van der Waals surface area contributed by atoms with Crippen LogP contribution in [0.15, 0.2) is 11.1 Å². The van der Waals surface area contributed by atoms with Crippen LogP contribution in [0.2, 0.25) is 0 Å². The van der Waals surface area contributed by atoms with Crippen LogP contribution in [-0.4, -0.2) is 51.7 Å². The Balaban J connectivity index is 1.98. The summed E-state index contributed by atoms with van der Waals surface area (Å²) in [5.74, 6) is -0.128. The Morgan fingerprint density at radius 3 is 2.88 bits per heavy atom. The molecule has 0 aromatic carbocycles. The molecule has 3 rings (SSSR count). The van der Waals surface area contributed by atoms with Crippen molar-refractivity contribution < 1.29 is 38.0 Å². The zero-order valence-electron chi connectivity index (χ0n) is 13.8. The van der Waals surface area contributed by atoms with Gasteiger partial charge in [0.1, 0.15) is 18.3 Å². The summed E-state index contributed by atoms with van der Waals surface area (Å²) < 4.78 is 28.5. The molecule has 1 unspecified atom stereocenters. The Hall–Kier alpha value is -1.86. The molecule has 0 bridgehead atoms. The number of aryl methyl sites for hydroxylation is 1. The molecule has 3 heterocycles. The summed E-state index contributed by atoms with van der Waals surface area (Å²) in [4.78, 5) is 39.9. The predicted octanol–water partition coefficient (Wildman–Crippen LogP) is -3.75. The number of anilines is 1. The van der Waals surface area contributed by atoms with Gasteiger partial charge in [-0.1, -0.05) is 4.98 Å². The van der Waals surface area contributed by atoms with Crippen LogP contribution in [0.4, 0.5) is 5.95 Å². The molecule has 2 aromatic rings. The molecule has 1 aliphatic rings. The fraction of sp³-hybridized carbons (Fsp3) is 0.583. The molecule has 26 heavy (non-hydrogen) atoms. The minimum absolute atomic E-state index is 0.128. The Labute approximate surface area is 146 Å². The monoisotopic (exact) mass is 390 g/mol. The van der Waals surface area contributed by atoms with Gasteiger partial charge in [0.2, 0.25) is 11.7 Å². The van der Waals surface area contributed by atoms with E-state index in [0.717, 1.165) is 0 Å². The number of imidazole rings is 1. The van der Waals surface area contributed by atoms with Crippen LogP contribution in [0.3, 0.4) is 0 Å². The third-order valence-electron chi connectivity index (χ3n) is 4.04. The highest BCUT2D eigenvalue weighted by Gasteiger charge is 2.48. The number of nitrogen functional groups attached to an aromatic ring is 1. The van der Waals surface area contributed by atoms with Gasteiger partial charge < -0.3 is 39.2 Å². The average molecular weight is 390 g/mol. The molecule has 1 saturated heterocycles. The predicted molar refractivity (Wildman–Crippen MR) is 80.2 cm³/mol. The van der Waals surface area contributed by atoms with E-state index in [1.807, 2.05) is 0 Å². The standard InChI is InChI=1S/C12H18N5O8P/c1-16-4-17(9-6(16)10(19)15-12(13)14-9)11-7(18)8(23-2)5(25-11)3-24-26(20,21)22/h4-5,7-8,11,18H,3H2,1-2H3,(H4-,13,14,15,19,20,21,22)/p-1/t5-,7?,8-,11-/m0/s1. The van der Waals surface area contributed by atoms with Crippen molar-refractivity contribution in [2.45, 2.75) is 24.5 Å². The molecule has 2 aromatic heterocycles. The SMILES string of the molecule is CO[C@@H]1C(O)[C@@H]([n+]2cn(C)c3c(=O)[nH]c(N)nc32)O[C@H]1COP(=O)([O-])[O-]. The Morgan fingerprint density at radius 2 is 2.27 bits per heavy atom. The first-order valence-corrected chi connectivity index (χ1v) is 8.87. The van der Waals surface area contributed by atoms with Crippen molar-refractivity contribution in [1.29, 1.82) is 0 Å². The molecule has 1 aliphatic heterocycles. The average Bonchev–Trinajstić information content (AvgIpc) is 3.01. The number of H-pyrrole nitrogens is 1. The number of phosphoric acid groups is 1. The third kappa shape index (κ3) is 3.38. The van der Waals surface area contributed by atoms with E-state index in [1.54, 1.807) is 7.05 Å². The highest BCUT2D eigenvalue weighted by Crippen LogP contribution is 2.32. The number of phosphoric ester groups is 1. The number of aromatic amines is 1. The van der Waals surface area contributed by atoms with E-state index >= 15 is 0 Å². The van der Waals surface area contributed by atoms with Gasteiger partial charge in [0.15, 0.2) is 6.33 Å². The molecular weight excluding hydrogens is 373 g/mol. The van der Waals surface area contributed by atoms with Gasteiger partial charge in [0, 0.05) is 7.11 Å². The number of nitrogens with one attached hydrogen (secondary N) is 1. The highest BCUT2D eigenvalue weighted by atomic mass is 31.2. The van der Waals surface area contributed by atoms with Crippen molar-refractivity contribution in [2.24, 2.45) is 7.05 Å². The number of methoxy groups -OCH3 is 1. The molecule has 4 N–H and O–H groups in total. The molecule has 0 aliphatic carbocycles. The molecule has 13 nitrogen and oxygen atoms in total. The molecule has 14 heteroatoms. The number of nitrogens with zero attached hydrogens (tertiary/aromatic N) is 3. The lowest BCUT2D eigenvalue weighted by Gasteiger charge is -2.30. The lowest BCUT2D eigenvalue weighted by molar-refractivity contribution is -0.745. The first-order valence-electron chi connectivity index (χ1n) is 7.41. The molecule has 4 atom stereocenters. The van der Waals surface area contributed by atoms with E-state index in [2.05, 4.69) is 14.5 Å². The zero-order valence-corrected chi connectivity index (χ0v) is 14.7. The first kappa shape index (κ1) is 18.9. The van der Waals surface area contributed by atoms with Crippen LogP contribution >= 0.6 is 7.82 Å². The van der Waals surface area contributed by atoms with Crippen LogP contribution in [-0.2, 0) is 25.6 Å². The summed E-state index contributed by atoms with van der Waals surface area (Å²) in [6, 6.07) is 0. The maximum atomic E-state index is 12.1. The van der Waals surface area contributed by atoms with Gasteiger partial charge in [-0.2, -0.15) is 0 Å². The van der Waals surface area contributed by atoms with Crippen molar-refractivity contribution in [1.82, 2.24) is 14.5 Å². The van der Waals surface area contributed by atoms with Gasteiger partial charge >= 0.3 is 5.65 Å². The number of ether oxygens (including phenoxy) is 2. The molecule has 0 spiro atoms. The number of rotatable bonds is 5. The number of hydrogen-bond donors (Lipinski definition) is 3. The number of nitrogens with two attached hydrogens (primary N) is 1. The second kappa shape index (κ2) is 6.70. The summed E-state index contributed by atoms with van der Waals surface area (Å²) in [7, 11) is -2.34. The second-order valence-corrected chi connectivity index (χ2v) is 6.91. The molecule has 0 radical (unpaired) electrons. The Morgan fingerprint density at radius 1 is 1.58 bits per heavy atom. The summed E-state index contributed by atoms with van der Waals surface area (Å²) in [5.41, 5.74) is 5.42. The Bertz CT molecular complexity index is 922. The number of aliphatic hydroxyl groups is 1. The minimum atomic E-state index is -5.22. The fourth-order valence-corrected chi connectivity index (χ4v) is 3.32. The van der Waals surface area contributed by atoms with Crippen LogP contribution in [0.1, 0.15) is 6.23 Å². The maximum Gasteiger partial charge on any atom is 0.313 e. The van der Waals surface area contributed by atoms with Crippen molar-refractivity contribution in [3.63, 3.8) is 0 Å². The van der Waals surface area contributed by atoms with Crippen LogP contribution in [0.25, 0.3) is 11.2 Å². The molecule has 1 fully saturated rings. The fourth-order valence-electron chi connectivity index (χ4n) is 2.99. The topological polar surface area (TPSA) is 192 Å². The van der Waals surface area contributed by atoms with Gasteiger partial charge in [0.05, 0.1) is 21.5 Å². The lowest BCUT2D eigenvalue weighted by atomic mass is 10.1. The van der Waals surface area contributed by atoms with Gasteiger partial charge in [-0.3, -0.25) is 14.3 Å². The van der Waals surface area contributed by atoms with Crippen molar-refractivity contribution in [3.05, 3.63) is 16.7 Å². The van der Waals surface area contributed by atoms with Gasteiger partial charge in [-0.15, -0.1) is 0 Å². The number of aliphatic hydroxyl groups excluding tert-OH is 1.